The normalized spacial score (nSPS) is 11.7. The summed E-state index contributed by atoms with van der Waals surface area (Å²) in [4.78, 5) is 1.94. The Balaban J connectivity index is 4.26. The summed E-state index contributed by atoms with van der Waals surface area (Å²) in [7, 11) is 3.49. The Morgan fingerprint density at radius 3 is 2.42 bits per heavy atom. The second-order valence-corrected chi connectivity index (χ2v) is 3.23. The Hall–Kier alpha value is -0.630. The van der Waals surface area contributed by atoms with Crippen LogP contribution in [0.5, 0.6) is 0 Å². The molecule has 0 bridgehead atoms. The van der Waals surface area contributed by atoms with Gasteiger partial charge in [0.25, 0.3) is 0 Å². The molecule has 0 spiro atoms. The molecule has 0 unspecified atom stereocenters. The summed E-state index contributed by atoms with van der Waals surface area (Å²) in [5.74, 6) is 0.562. The van der Waals surface area contributed by atoms with Gasteiger partial charge in [-0.1, -0.05) is 18.2 Å². The molecule has 3 heteroatoms. The fourth-order valence-corrected chi connectivity index (χ4v) is 0.857. The lowest BCUT2D eigenvalue weighted by atomic mass is 10.3. The van der Waals surface area contributed by atoms with Crippen LogP contribution in [0.1, 0.15) is 13.8 Å². The van der Waals surface area contributed by atoms with Crippen LogP contribution in [0.25, 0.3) is 0 Å². The fourth-order valence-electron chi connectivity index (χ4n) is 0.540. The molecule has 0 aromatic carbocycles. The standard InChI is InChI=1S/C9H16ClNO/c1-7(2)11(4)9(10)6-8(3)12-5/h6-7H,3H2,1-2,4-5H3/b9-6-. The molecule has 0 aliphatic carbocycles. The molecule has 70 valence electrons. The molecule has 2 nitrogen and oxygen atoms in total. The number of nitrogens with zero attached hydrogens (tertiary/aromatic N) is 1. The fraction of sp³-hybridized carbons (Fsp3) is 0.556. The smallest absolute Gasteiger partial charge is 0.114 e. The molecule has 0 aromatic rings. The molecular weight excluding hydrogens is 174 g/mol. The van der Waals surface area contributed by atoms with E-state index in [1.807, 2.05) is 11.9 Å². The lowest BCUT2D eigenvalue weighted by molar-refractivity contribution is 0.304. The zero-order chi connectivity index (χ0) is 9.72. The van der Waals surface area contributed by atoms with Gasteiger partial charge in [-0.25, -0.2) is 0 Å². The lowest BCUT2D eigenvalue weighted by Crippen LogP contribution is -2.23. The minimum atomic E-state index is 0.374. The van der Waals surface area contributed by atoms with E-state index in [0.29, 0.717) is 17.0 Å². The van der Waals surface area contributed by atoms with Crippen LogP contribution in [0.2, 0.25) is 0 Å². The van der Waals surface area contributed by atoms with E-state index in [1.165, 1.54) is 0 Å². The predicted octanol–water partition coefficient (Wildman–Crippen LogP) is 2.57. The highest BCUT2D eigenvalue weighted by atomic mass is 35.5. The van der Waals surface area contributed by atoms with E-state index in [-0.39, 0.29) is 0 Å². The Morgan fingerprint density at radius 1 is 1.58 bits per heavy atom. The van der Waals surface area contributed by atoms with Gasteiger partial charge in [0.05, 0.1) is 7.11 Å². The maximum atomic E-state index is 5.95. The lowest BCUT2D eigenvalue weighted by Gasteiger charge is -2.22. The monoisotopic (exact) mass is 189 g/mol. The van der Waals surface area contributed by atoms with E-state index in [9.17, 15) is 0 Å². The number of allylic oxidation sites excluding steroid dienone is 1. The molecule has 0 saturated heterocycles. The Bertz CT molecular complexity index is 187. The van der Waals surface area contributed by atoms with Gasteiger partial charge >= 0.3 is 0 Å². The third-order valence-corrected chi connectivity index (χ3v) is 2.03. The van der Waals surface area contributed by atoms with Gasteiger partial charge in [0, 0.05) is 19.2 Å². The van der Waals surface area contributed by atoms with Gasteiger partial charge in [0.2, 0.25) is 0 Å². The van der Waals surface area contributed by atoms with Crippen LogP contribution in [0.15, 0.2) is 23.6 Å². The molecule has 0 heterocycles. The van der Waals surface area contributed by atoms with Crippen molar-refractivity contribution in [3.63, 3.8) is 0 Å². The summed E-state index contributed by atoms with van der Waals surface area (Å²) >= 11 is 5.95. The molecule has 0 rings (SSSR count). The molecule has 0 aliphatic rings. The third-order valence-electron chi connectivity index (χ3n) is 1.65. The van der Waals surface area contributed by atoms with Gasteiger partial charge in [0.1, 0.15) is 10.9 Å². The highest BCUT2D eigenvalue weighted by Gasteiger charge is 2.05. The maximum Gasteiger partial charge on any atom is 0.114 e. The van der Waals surface area contributed by atoms with E-state index >= 15 is 0 Å². The predicted molar refractivity (Wildman–Crippen MR) is 53.0 cm³/mol. The van der Waals surface area contributed by atoms with Crippen molar-refractivity contribution in [1.82, 2.24) is 4.90 Å². The van der Waals surface area contributed by atoms with Crippen molar-refractivity contribution in [2.45, 2.75) is 19.9 Å². The van der Waals surface area contributed by atoms with Gasteiger partial charge in [-0.15, -0.1) is 0 Å². The van der Waals surface area contributed by atoms with E-state index in [0.717, 1.165) is 0 Å². The summed E-state index contributed by atoms with van der Waals surface area (Å²) in [6.45, 7) is 7.77. The van der Waals surface area contributed by atoms with Gasteiger partial charge in [-0.05, 0) is 13.8 Å². The second kappa shape index (κ2) is 5.09. The van der Waals surface area contributed by atoms with Gasteiger partial charge in [-0.3, -0.25) is 0 Å². The summed E-state index contributed by atoms with van der Waals surface area (Å²) in [5.41, 5.74) is 0. The molecule has 0 radical (unpaired) electrons. The average Bonchev–Trinajstić information content (AvgIpc) is 2.02. The maximum absolute atomic E-state index is 5.95. The van der Waals surface area contributed by atoms with Crippen LogP contribution in [0, 0.1) is 0 Å². The number of rotatable bonds is 4. The first-order valence-corrected chi connectivity index (χ1v) is 4.19. The van der Waals surface area contributed by atoms with Crippen molar-refractivity contribution >= 4 is 11.6 Å². The Labute approximate surface area is 79.5 Å². The van der Waals surface area contributed by atoms with Crippen LogP contribution in [0.3, 0.4) is 0 Å². The summed E-state index contributed by atoms with van der Waals surface area (Å²) < 4.78 is 4.87. The number of methoxy groups -OCH3 is 1. The minimum absolute atomic E-state index is 0.374. The third kappa shape index (κ3) is 3.67. The highest BCUT2D eigenvalue weighted by Crippen LogP contribution is 2.13. The molecule has 0 atom stereocenters. The second-order valence-electron chi connectivity index (χ2n) is 2.84. The zero-order valence-corrected chi connectivity index (χ0v) is 8.85. The molecule has 12 heavy (non-hydrogen) atoms. The van der Waals surface area contributed by atoms with Crippen molar-refractivity contribution in [3.05, 3.63) is 23.6 Å². The van der Waals surface area contributed by atoms with Crippen molar-refractivity contribution in [1.29, 1.82) is 0 Å². The number of ether oxygens (including phenoxy) is 1. The summed E-state index contributed by atoms with van der Waals surface area (Å²) in [6.07, 6.45) is 1.70. The Kier molecular flexibility index (Phi) is 4.83. The number of halogens is 1. The molecule has 0 N–H and O–H groups in total. The molecule has 0 aliphatic heterocycles. The highest BCUT2D eigenvalue weighted by molar-refractivity contribution is 6.29. The first-order valence-electron chi connectivity index (χ1n) is 3.82. The van der Waals surface area contributed by atoms with Crippen molar-refractivity contribution < 1.29 is 4.74 Å². The molecule has 0 saturated carbocycles. The van der Waals surface area contributed by atoms with E-state index in [1.54, 1.807) is 13.2 Å². The zero-order valence-electron chi connectivity index (χ0n) is 8.10. The Morgan fingerprint density at radius 2 is 2.08 bits per heavy atom. The van der Waals surface area contributed by atoms with Crippen LogP contribution in [-0.4, -0.2) is 25.1 Å². The van der Waals surface area contributed by atoms with Crippen molar-refractivity contribution in [2.24, 2.45) is 0 Å². The quantitative estimate of drug-likeness (QED) is 0.383. The van der Waals surface area contributed by atoms with Crippen LogP contribution < -0.4 is 0 Å². The van der Waals surface area contributed by atoms with E-state index in [4.69, 9.17) is 16.3 Å². The van der Waals surface area contributed by atoms with Crippen LogP contribution in [0.4, 0.5) is 0 Å². The number of hydrogen-bond donors (Lipinski definition) is 0. The minimum Gasteiger partial charge on any atom is -0.497 e. The van der Waals surface area contributed by atoms with Gasteiger partial charge in [-0.2, -0.15) is 0 Å². The molecular formula is C9H16ClNO. The largest absolute Gasteiger partial charge is 0.497 e. The summed E-state index contributed by atoms with van der Waals surface area (Å²) in [5, 5.41) is 0.636. The van der Waals surface area contributed by atoms with Crippen molar-refractivity contribution in [2.75, 3.05) is 14.2 Å². The topological polar surface area (TPSA) is 12.5 Å². The van der Waals surface area contributed by atoms with Crippen LogP contribution >= 0.6 is 11.6 Å². The van der Waals surface area contributed by atoms with E-state index < -0.39 is 0 Å². The number of hydrogen-bond acceptors (Lipinski definition) is 2. The van der Waals surface area contributed by atoms with E-state index in [2.05, 4.69) is 20.4 Å². The van der Waals surface area contributed by atoms with Crippen molar-refractivity contribution in [3.8, 4) is 0 Å². The van der Waals surface area contributed by atoms with Gasteiger partial charge < -0.3 is 9.64 Å². The molecule has 0 aromatic heterocycles. The average molecular weight is 190 g/mol. The summed E-state index contributed by atoms with van der Waals surface area (Å²) in [6, 6.07) is 0.374. The molecule has 0 amide bonds. The SMILES string of the molecule is C=C(/C=C(/Cl)N(C)C(C)C)OC. The first kappa shape index (κ1) is 11.4. The van der Waals surface area contributed by atoms with Crippen LogP contribution in [-0.2, 0) is 4.74 Å². The first-order chi connectivity index (χ1) is 5.49. The van der Waals surface area contributed by atoms with Gasteiger partial charge in [0.15, 0.2) is 0 Å². The molecule has 0 fully saturated rings.